The van der Waals surface area contributed by atoms with Crippen LogP contribution in [-0.2, 0) is 17.8 Å². The summed E-state index contributed by atoms with van der Waals surface area (Å²) in [6.45, 7) is 6.38. The summed E-state index contributed by atoms with van der Waals surface area (Å²) in [7, 11) is 1.50. The minimum atomic E-state index is -0.656. The third-order valence-electron chi connectivity index (χ3n) is 4.59. The molecule has 1 aromatic heterocycles. The van der Waals surface area contributed by atoms with Crippen molar-refractivity contribution in [3.05, 3.63) is 55.7 Å². The molecule has 0 aliphatic heterocycles. The highest BCUT2D eigenvalue weighted by molar-refractivity contribution is 5.96. The molecule has 3 N–H and O–H groups in total. The van der Waals surface area contributed by atoms with Gasteiger partial charge in [0.1, 0.15) is 5.82 Å². The zero-order valence-electron chi connectivity index (χ0n) is 15.8. The number of anilines is 2. The predicted octanol–water partition coefficient (Wildman–Crippen LogP) is 1.74. The van der Waals surface area contributed by atoms with Crippen molar-refractivity contribution < 1.29 is 4.79 Å². The Morgan fingerprint density at radius 1 is 1.23 bits per heavy atom. The molecule has 1 aromatic carbocycles. The minimum absolute atomic E-state index is 0.00883. The van der Waals surface area contributed by atoms with Gasteiger partial charge in [-0.2, -0.15) is 0 Å². The zero-order chi connectivity index (χ0) is 19.4. The molecule has 2 rings (SSSR count). The summed E-state index contributed by atoms with van der Waals surface area (Å²) in [6.07, 6.45) is 1.77. The SMILES string of the molecule is CCCCn1c(N)c(N(C)C(=O)Cc2ccc(C)c(C)c2)c(=O)[nH]c1=O. The standard InChI is InChI=1S/C19H26N4O3/c1-5-6-9-23-17(20)16(18(25)21-19(23)26)22(4)15(24)11-14-8-7-12(2)13(3)10-14/h7-8,10H,5-6,9,11,20H2,1-4H3,(H,21,25,26). The lowest BCUT2D eigenvalue weighted by Crippen LogP contribution is -2.39. The normalized spacial score (nSPS) is 10.8. The second-order valence-electron chi connectivity index (χ2n) is 6.55. The summed E-state index contributed by atoms with van der Waals surface area (Å²) in [4.78, 5) is 40.4. The minimum Gasteiger partial charge on any atom is -0.383 e. The van der Waals surface area contributed by atoms with Crippen LogP contribution >= 0.6 is 0 Å². The van der Waals surface area contributed by atoms with Crippen molar-refractivity contribution >= 4 is 17.4 Å². The molecule has 2 aromatic rings. The lowest BCUT2D eigenvalue weighted by Gasteiger charge is -2.20. The van der Waals surface area contributed by atoms with Crippen LogP contribution in [0.15, 0.2) is 27.8 Å². The Kier molecular flexibility index (Phi) is 6.02. The first-order chi connectivity index (χ1) is 12.3. The second kappa shape index (κ2) is 8.03. The molecule has 0 fully saturated rings. The Morgan fingerprint density at radius 3 is 2.54 bits per heavy atom. The van der Waals surface area contributed by atoms with Gasteiger partial charge in [0.25, 0.3) is 5.56 Å². The fraction of sp³-hybridized carbons (Fsp3) is 0.421. The van der Waals surface area contributed by atoms with Crippen LogP contribution in [0.1, 0.15) is 36.5 Å². The summed E-state index contributed by atoms with van der Waals surface area (Å²) >= 11 is 0. The van der Waals surface area contributed by atoms with E-state index in [1.54, 1.807) is 0 Å². The van der Waals surface area contributed by atoms with Crippen molar-refractivity contribution in [1.82, 2.24) is 9.55 Å². The zero-order valence-corrected chi connectivity index (χ0v) is 15.8. The Labute approximate surface area is 152 Å². The van der Waals surface area contributed by atoms with E-state index in [1.165, 1.54) is 16.5 Å². The van der Waals surface area contributed by atoms with Gasteiger partial charge in [0, 0.05) is 13.6 Å². The number of nitrogens with zero attached hydrogens (tertiary/aromatic N) is 2. The number of hydrogen-bond acceptors (Lipinski definition) is 4. The first-order valence-corrected chi connectivity index (χ1v) is 8.71. The molecular formula is C19H26N4O3. The predicted molar refractivity (Wildman–Crippen MR) is 104 cm³/mol. The van der Waals surface area contributed by atoms with Crippen LogP contribution < -0.4 is 21.9 Å². The van der Waals surface area contributed by atoms with Gasteiger partial charge >= 0.3 is 5.69 Å². The maximum absolute atomic E-state index is 12.7. The quantitative estimate of drug-likeness (QED) is 0.821. The first kappa shape index (κ1) is 19.5. The van der Waals surface area contributed by atoms with Gasteiger partial charge in [-0.15, -0.1) is 0 Å². The smallest absolute Gasteiger partial charge is 0.330 e. The molecular weight excluding hydrogens is 332 g/mol. The third-order valence-corrected chi connectivity index (χ3v) is 4.59. The lowest BCUT2D eigenvalue weighted by atomic mass is 10.0. The van der Waals surface area contributed by atoms with Crippen LogP contribution in [-0.4, -0.2) is 22.5 Å². The van der Waals surface area contributed by atoms with Crippen molar-refractivity contribution in [3.63, 3.8) is 0 Å². The monoisotopic (exact) mass is 358 g/mol. The van der Waals surface area contributed by atoms with Gasteiger partial charge in [0.05, 0.1) is 6.42 Å². The lowest BCUT2D eigenvalue weighted by molar-refractivity contribution is -0.117. The molecule has 26 heavy (non-hydrogen) atoms. The summed E-state index contributed by atoms with van der Waals surface area (Å²) in [5, 5.41) is 0. The molecule has 0 unspecified atom stereocenters. The molecule has 7 heteroatoms. The highest BCUT2D eigenvalue weighted by Crippen LogP contribution is 2.17. The van der Waals surface area contributed by atoms with E-state index in [2.05, 4.69) is 4.98 Å². The largest absolute Gasteiger partial charge is 0.383 e. The Balaban J connectivity index is 2.34. The number of nitrogens with two attached hydrogens (primary N) is 1. The van der Waals surface area contributed by atoms with E-state index in [0.29, 0.717) is 6.54 Å². The van der Waals surface area contributed by atoms with E-state index in [4.69, 9.17) is 5.73 Å². The van der Waals surface area contributed by atoms with E-state index in [1.807, 2.05) is 39.0 Å². The molecule has 1 amide bonds. The number of carbonyl (C=O) groups is 1. The van der Waals surface area contributed by atoms with E-state index >= 15 is 0 Å². The third kappa shape index (κ3) is 4.04. The van der Waals surface area contributed by atoms with Crippen LogP contribution in [0, 0.1) is 13.8 Å². The molecule has 0 atom stereocenters. The number of aromatic amines is 1. The molecule has 7 nitrogen and oxygen atoms in total. The molecule has 0 saturated heterocycles. The average molecular weight is 358 g/mol. The number of unbranched alkanes of at least 4 members (excludes halogenated alkanes) is 1. The first-order valence-electron chi connectivity index (χ1n) is 8.71. The van der Waals surface area contributed by atoms with Crippen molar-refractivity contribution in [1.29, 1.82) is 0 Å². The Hall–Kier alpha value is -2.83. The summed E-state index contributed by atoms with van der Waals surface area (Å²) < 4.78 is 1.31. The van der Waals surface area contributed by atoms with Gasteiger partial charge in [-0.05, 0) is 37.0 Å². The molecule has 140 valence electrons. The second-order valence-corrected chi connectivity index (χ2v) is 6.55. The van der Waals surface area contributed by atoms with Crippen molar-refractivity contribution in [2.75, 3.05) is 17.7 Å². The number of nitrogens with one attached hydrogen (secondary N) is 1. The number of aromatic nitrogens is 2. The van der Waals surface area contributed by atoms with Crippen LogP contribution in [0.2, 0.25) is 0 Å². The van der Waals surface area contributed by atoms with Gasteiger partial charge in [0.2, 0.25) is 5.91 Å². The maximum atomic E-state index is 12.7. The summed E-state index contributed by atoms with van der Waals surface area (Å²) in [5.74, 6) is -0.255. The van der Waals surface area contributed by atoms with Crippen molar-refractivity contribution in [2.45, 2.75) is 46.6 Å². The van der Waals surface area contributed by atoms with E-state index in [-0.39, 0.29) is 23.8 Å². The topological polar surface area (TPSA) is 101 Å². The molecule has 0 bridgehead atoms. The van der Waals surface area contributed by atoms with Crippen molar-refractivity contribution in [3.8, 4) is 0 Å². The highest BCUT2D eigenvalue weighted by Gasteiger charge is 2.21. The van der Waals surface area contributed by atoms with Gasteiger partial charge in [-0.3, -0.25) is 19.1 Å². The fourth-order valence-electron chi connectivity index (χ4n) is 2.77. The van der Waals surface area contributed by atoms with Crippen molar-refractivity contribution in [2.24, 2.45) is 0 Å². The summed E-state index contributed by atoms with van der Waals surface area (Å²) in [5.41, 5.74) is 7.96. The molecule has 1 heterocycles. The van der Waals surface area contributed by atoms with Gasteiger partial charge in [-0.25, -0.2) is 4.79 Å². The number of likely N-dealkylation sites (N-methyl/N-ethyl adjacent to an activating group) is 1. The number of rotatable bonds is 6. The molecule has 0 radical (unpaired) electrons. The van der Waals surface area contributed by atoms with Gasteiger partial charge in [-0.1, -0.05) is 31.5 Å². The van der Waals surface area contributed by atoms with Crippen LogP contribution in [0.4, 0.5) is 11.5 Å². The van der Waals surface area contributed by atoms with Crippen LogP contribution in [0.3, 0.4) is 0 Å². The van der Waals surface area contributed by atoms with E-state index in [9.17, 15) is 14.4 Å². The number of H-pyrrole nitrogens is 1. The highest BCUT2D eigenvalue weighted by atomic mass is 16.2. The van der Waals surface area contributed by atoms with E-state index < -0.39 is 11.2 Å². The number of aryl methyl sites for hydroxylation is 2. The number of benzene rings is 1. The Bertz CT molecular complexity index is 927. The number of hydrogen-bond donors (Lipinski definition) is 2. The van der Waals surface area contributed by atoms with E-state index in [0.717, 1.165) is 29.5 Å². The fourth-order valence-corrected chi connectivity index (χ4v) is 2.77. The number of carbonyl (C=O) groups excluding carboxylic acids is 1. The molecule has 0 aliphatic carbocycles. The van der Waals surface area contributed by atoms with Crippen LogP contribution in [0.5, 0.6) is 0 Å². The summed E-state index contributed by atoms with van der Waals surface area (Å²) in [6, 6.07) is 5.81. The molecule has 0 aliphatic rings. The van der Waals surface area contributed by atoms with Crippen LogP contribution in [0.25, 0.3) is 0 Å². The Morgan fingerprint density at radius 2 is 1.92 bits per heavy atom. The average Bonchev–Trinajstić information content (AvgIpc) is 2.57. The van der Waals surface area contributed by atoms with Gasteiger partial charge in [0.15, 0.2) is 5.69 Å². The molecule has 0 saturated carbocycles. The molecule has 0 spiro atoms. The number of nitrogen functional groups attached to an aromatic ring is 1. The van der Waals surface area contributed by atoms with Gasteiger partial charge < -0.3 is 10.6 Å². The number of amides is 1. The maximum Gasteiger partial charge on any atom is 0.330 e.